The molecule has 3 heteroatoms. The number of nitrogens with zero attached hydrogens (tertiary/aromatic N) is 2. The fraction of sp³-hybridized carbons (Fsp3) is 0. The molecule has 1 heterocycles. The number of hydrogen-bond acceptors (Lipinski definition) is 2. The van der Waals surface area contributed by atoms with Gasteiger partial charge in [-0.3, -0.25) is 9.98 Å². The molecule has 0 amide bonds. The van der Waals surface area contributed by atoms with Crippen LogP contribution in [-0.2, 0) is 0 Å². The van der Waals surface area contributed by atoms with Crippen molar-refractivity contribution >= 4 is 22.8 Å². The van der Waals surface area contributed by atoms with Crippen molar-refractivity contribution < 1.29 is 4.39 Å². The predicted molar refractivity (Wildman–Crippen MR) is 75.4 cm³/mol. The molecule has 92 valence electrons. The average Bonchev–Trinajstić information content (AvgIpc) is 2.46. The van der Waals surface area contributed by atoms with Crippen LogP contribution in [0.25, 0.3) is 10.9 Å². The van der Waals surface area contributed by atoms with E-state index in [4.69, 9.17) is 0 Å². The highest BCUT2D eigenvalue weighted by Gasteiger charge is 2.00. The van der Waals surface area contributed by atoms with Crippen molar-refractivity contribution in [2.24, 2.45) is 4.99 Å². The molecule has 0 saturated heterocycles. The summed E-state index contributed by atoms with van der Waals surface area (Å²) < 4.78 is 13.5. The Labute approximate surface area is 110 Å². The van der Waals surface area contributed by atoms with Gasteiger partial charge in [0.1, 0.15) is 5.82 Å². The van der Waals surface area contributed by atoms with Gasteiger partial charge in [-0.1, -0.05) is 30.3 Å². The topological polar surface area (TPSA) is 25.2 Å². The minimum Gasteiger partial charge on any atom is -0.256 e. The van der Waals surface area contributed by atoms with Crippen LogP contribution in [0.5, 0.6) is 0 Å². The van der Waals surface area contributed by atoms with Crippen LogP contribution in [0.3, 0.4) is 0 Å². The van der Waals surface area contributed by atoms with E-state index in [-0.39, 0.29) is 5.82 Å². The number of aromatic nitrogens is 1. The Hall–Kier alpha value is -2.55. The van der Waals surface area contributed by atoms with Gasteiger partial charge in [-0.15, -0.1) is 0 Å². The van der Waals surface area contributed by atoms with Gasteiger partial charge in [-0.25, -0.2) is 4.39 Å². The lowest BCUT2D eigenvalue weighted by Gasteiger charge is -2.00. The Morgan fingerprint density at radius 1 is 0.947 bits per heavy atom. The second-order valence-electron chi connectivity index (χ2n) is 4.13. The molecule has 1 aromatic heterocycles. The molecule has 0 bridgehead atoms. The number of hydrogen-bond donors (Lipinski definition) is 0. The number of pyridine rings is 1. The third kappa shape index (κ3) is 2.36. The molecule has 0 unspecified atom stereocenters. The second-order valence-corrected chi connectivity index (χ2v) is 4.13. The van der Waals surface area contributed by atoms with Gasteiger partial charge in [-0.05, 0) is 24.3 Å². The van der Waals surface area contributed by atoms with Crippen LogP contribution in [0.2, 0.25) is 0 Å². The predicted octanol–water partition coefficient (Wildman–Crippen LogP) is 4.12. The Morgan fingerprint density at radius 2 is 1.74 bits per heavy atom. The molecule has 0 N–H and O–H groups in total. The van der Waals surface area contributed by atoms with Crippen molar-refractivity contribution in [2.45, 2.75) is 0 Å². The molecule has 0 radical (unpaired) electrons. The van der Waals surface area contributed by atoms with Crippen molar-refractivity contribution in [3.05, 3.63) is 72.2 Å². The monoisotopic (exact) mass is 250 g/mol. The average molecular weight is 250 g/mol. The van der Waals surface area contributed by atoms with E-state index in [1.54, 1.807) is 30.6 Å². The SMILES string of the molecule is Fc1ccccc1N=Cc1ccnc2ccccc12. The first-order valence-electron chi connectivity index (χ1n) is 5.97. The van der Waals surface area contributed by atoms with Crippen molar-refractivity contribution in [3.8, 4) is 0 Å². The van der Waals surface area contributed by atoms with Crippen LogP contribution in [-0.4, -0.2) is 11.2 Å². The van der Waals surface area contributed by atoms with Crippen LogP contribution < -0.4 is 0 Å². The molecule has 0 aliphatic carbocycles. The Kier molecular flexibility index (Phi) is 3.02. The lowest BCUT2D eigenvalue weighted by Crippen LogP contribution is -1.86. The number of halogens is 1. The van der Waals surface area contributed by atoms with Gasteiger partial charge in [0.2, 0.25) is 0 Å². The van der Waals surface area contributed by atoms with Crippen LogP contribution in [0.15, 0.2) is 65.8 Å². The Morgan fingerprint density at radius 3 is 2.63 bits per heavy atom. The van der Waals surface area contributed by atoms with Crippen LogP contribution in [0, 0.1) is 5.82 Å². The maximum atomic E-state index is 13.5. The van der Waals surface area contributed by atoms with E-state index in [9.17, 15) is 4.39 Å². The molecule has 0 aliphatic heterocycles. The van der Waals surface area contributed by atoms with Gasteiger partial charge in [0.25, 0.3) is 0 Å². The number of aliphatic imine (C=N–C) groups is 1. The second kappa shape index (κ2) is 4.98. The minimum atomic E-state index is -0.322. The van der Waals surface area contributed by atoms with E-state index in [2.05, 4.69) is 9.98 Å². The molecule has 0 aliphatic rings. The molecule has 0 fully saturated rings. The van der Waals surface area contributed by atoms with Crippen molar-refractivity contribution in [3.63, 3.8) is 0 Å². The quantitative estimate of drug-likeness (QED) is 0.628. The highest BCUT2D eigenvalue weighted by Crippen LogP contribution is 2.18. The summed E-state index contributed by atoms with van der Waals surface area (Å²) in [5, 5.41) is 1.00. The first-order chi connectivity index (χ1) is 9.34. The van der Waals surface area contributed by atoms with E-state index in [0.29, 0.717) is 5.69 Å². The Balaban J connectivity index is 2.04. The summed E-state index contributed by atoms with van der Waals surface area (Å²) in [5.41, 5.74) is 2.16. The molecule has 3 aromatic rings. The molecule has 0 atom stereocenters. The molecule has 2 nitrogen and oxygen atoms in total. The normalized spacial score (nSPS) is 11.2. The molecule has 3 rings (SSSR count). The number of benzene rings is 2. The summed E-state index contributed by atoms with van der Waals surface area (Å²) in [6, 6.07) is 16.1. The summed E-state index contributed by atoms with van der Waals surface area (Å²) in [6.45, 7) is 0. The largest absolute Gasteiger partial charge is 0.256 e. The maximum Gasteiger partial charge on any atom is 0.148 e. The van der Waals surface area contributed by atoms with Gasteiger partial charge >= 0.3 is 0 Å². The lowest BCUT2D eigenvalue weighted by molar-refractivity contribution is 0.630. The molecule has 19 heavy (non-hydrogen) atoms. The smallest absolute Gasteiger partial charge is 0.148 e. The summed E-state index contributed by atoms with van der Waals surface area (Å²) in [7, 11) is 0. The van der Waals surface area contributed by atoms with Gasteiger partial charge in [0, 0.05) is 23.4 Å². The third-order valence-corrected chi connectivity index (χ3v) is 2.88. The van der Waals surface area contributed by atoms with E-state index >= 15 is 0 Å². The maximum absolute atomic E-state index is 13.5. The van der Waals surface area contributed by atoms with Crippen molar-refractivity contribution in [1.82, 2.24) is 4.98 Å². The van der Waals surface area contributed by atoms with E-state index in [0.717, 1.165) is 16.5 Å². The van der Waals surface area contributed by atoms with Gasteiger partial charge in [0.15, 0.2) is 0 Å². The van der Waals surface area contributed by atoms with Crippen molar-refractivity contribution in [1.29, 1.82) is 0 Å². The van der Waals surface area contributed by atoms with Gasteiger partial charge in [0.05, 0.1) is 11.2 Å². The standard InChI is InChI=1S/C16H11FN2/c17-14-6-2-4-8-16(14)19-11-12-9-10-18-15-7-3-1-5-13(12)15/h1-11H. The van der Waals surface area contributed by atoms with E-state index < -0.39 is 0 Å². The summed E-state index contributed by atoms with van der Waals surface area (Å²) in [5.74, 6) is -0.322. The van der Waals surface area contributed by atoms with E-state index in [1.807, 2.05) is 30.3 Å². The first kappa shape index (κ1) is 11.5. The number of rotatable bonds is 2. The first-order valence-corrected chi connectivity index (χ1v) is 5.97. The third-order valence-electron chi connectivity index (χ3n) is 2.88. The van der Waals surface area contributed by atoms with Gasteiger partial charge < -0.3 is 0 Å². The van der Waals surface area contributed by atoms with E-state index in [1.165, 1.54) is 6.07 Å². The van der Waals surface area contributed by atoms with Gasteiger partial charge in [-0.2, -0.15) is 0 Å². The summed E-state index contributed by atoms with van der Waals surface area (Å²) >= 11 is 0. The highest BCUT2D eigenvalue weighted by atomic mass is 19.1. The molecular formula is C16H11FN2. The zero-order chi connectivity index (χ0) is 13.1. The zero-order valence-corrected chi connectivity index (χ0v) is 10.1. The molecule has 0 saturated carbocycles. The fourth-order valence-corrected chi connectivity index (χ4v) is 1.93. The molecule has 0 spiro atoms. The van der Waals surface area contributed by atoms with Crippen LogP contribution >= 0.6 is 0 Å². The highest BCUT2D eigenvalue weighted by molar-refractivity contribution is 5.98. The zero-order valence-electron chi connectivity index (χ0n) is 10.1. The van der Waals surface area contributed by atoms with Crippen LogP contribution in [0.1, 0.15) is 5.56 Å². The lowest BCUT2D eigenvalue weighted by atomic mass is 10.1. The van der Waals surface area contributed by atoms with Crippen LogP contribution in [0.4, 0.5) is 10.1 Å². The Bertz CT molecular complexity index is 745. The number of fused-ring (bicyclic) bond motifs is 1. The number of para-hydroxylation sites is 2. The fourth-order valence-electron chi connectivity index (χ4n) is 1.93. The minimum absolute atomic E-state index is 0.322. The van der Waals surface area contributed by atoms with Crippen molar-refractivity contribution in [2.75, 3.05) is 0 Å². The summed E-state index contributed by atoms with van der Waals surface area (Å²) in [6.07, 6.45) is 3.40. The molecular weight excluding hydrogens is 239 g/mol. The molecule has 2 aromatic carbocycles. The summed E-state index contributed by atoms with van der Waals surface area (Å²) in [4.78, 5) is 8.48.